The molecule has 0 aliphatic carbocycles. The molecule has 0 bridgehead atoms. The van der Waals surface area contributed by atoms with Crippen molar-refractivity contribution < 1.29 is 0 Å². The smallest absolute Gasteiger partial charge is 0.0927 e. The highest BCUT2D eigenvalue weighted by molar-refractivity contribution is 5.64. The first-order valence-electron chi connectivity index (χ1n) is 5.25. The Morgan fingerprint density at radius 2 is 2.19 bits per heavy atom. The molecular formula is C12H14N4. The normalized spacial score (nSPS) is 10.8. The summed E-state index contributed by atoms with van der Waals surface area (Å²) in [5, 5.41) is 3.03. The van der Waals surface area contributed by atoms with Gasteiger partial charge in [-0.2, -0.15) is 0 Å². The van der Waals surface area contributed by atoms with E-state index in [1.165, 1.54) is 0 Å². The van der Waals surface area contributed by atoms with Crippen LogP contribution >= 0.6 is 0 Å². The first-order valence-corrected chi connectivity index (χ1v) is 5.25. The van der Waals surface area contributed by atoms with Crippen LogP contribution in [0, 0.1) is 0 Å². The zero-order valence-corrected chi connectivity index (χ0v) is 9.14. The molecule has 0 radical (unpaired) electrons. The van der Waals surface area contributed by atoms with E-state index < -0.39 is 0 Å². The molecule has 0 unspecified atom stereocenters. The number of imidazole rings is 1. The van der Waals surface area contributed by atoms with Gasteiger partial charge in [-0.1, -0.05) is 12.1 Å². The van der Waals surface area contributed by atoms with Crippen molar-refractivity contribution in [1.29, 1.82) is 0 Å². The highest BCUT2D eigenvalue weighted by atomic mass is 14.9. The molecule has 0 atom stereocenters. The number of aromatic nitrogens is 2. The van der Waals surface area contributed by atoms with E-state index in [4.69, 9.17) is 0 Å². The van der Waals surface area contributed by atoms with Gasteiger partial charge in [0.25, 0.3) is 0 Å². The van der Waals surface area contributed by atoms with E-state index in [0.717, 1.165) is 23.5 Å². The average molecular weight is 214 g/mol. The lowest BCUT2D eigenvalue weighted by Crippen LogP contribution is -2.08. The van der Waals surface area contributed by atoms with Crippen molar-refractivity contribution in [3.8, 4) is 11.3 Å². The summed E-state index contributed by atoms with van der Waals surface area (Å²) in [7, 11) is 0. The molecule has 0 aliphatic rings. The van der Waals surface area contributed by atoms with Gasteiger partial charge in [0.05, 0.1) is 24.0 Å². The van der Waals surface area contributed by atoms with E-state index in [0.29, 0.717) is 0 Å². The van der Waals surface area contributed by atoms with Crippen LogP contribution in [-0.4, -0.2) is 22.9 Å². The van der Waals surface area contributed by atoms with Crippen molar-refractivity contribution in [3.63, 3.8) is 0 Å². The Labute approximate surface area is 94.5 Å². The maximum Gasteiger partial charge on any atom is 0.0927 e. The predicted molar refractivity (Wildman–Crippen MR) is 65.9 cm³/mol. The zero-order valence-electron chi connectivity index (χ0n) is 9.14. The van der Waals surface area contributed by atoms with Crippen LogP contribution in [0.5, 0.6) is 0 Å². The summed E-state index contributed by atoms with van der Waals surface area (Å²) < 4.78 is 0. The number of hydrogen-bond acceptors (Lipinski definition) is 2. The molecule has 0 spiro atoms. The maximum atomic E-state index is 4.25. The minimum absolute atomic E-state index is 0.884. The Morgan fingerprint density at radius 1 is 1.38 bits per heavy atom. The third-order valence-corrected chi connectivity index (χ3v) is 2.17. The molecule has 4 nitrogen and oxygen atoms in total. The first kappa shape index (κ1) is 10.4. The Bertz CT molecular complexity index is 442. The molecule has 0 aliphatic heterocycles. The van der Waals surface area contributed by atoms with Crippen LogP contribution in [0.3, 0.4) is 0 Å². The van der Waals surface area contributed by atoms with Crippen molar-refractivity contribution in [3.05, 3.63) is 36.8 Å². The molecule has 4 heteroatoms. The fourth-order valence-corrected chi connectivity index (χ4v) is 1.35. The van der Waals surface area contributed by atoms with Crippen LogP contribution < -0.4 is 5.32 Å². The van der Waals surface area contributed by atoms with Crippen molar-refractivity contribution in [2.45, 2.75) is 6.92 Å². The molecule has 0 saturated carbocycles. The summed E-state index contributed by atoms with van der Waals surface area (Å²) in [5.74, 6) is 0. The molecule has 0 fully saturated rings. The van der Waals surface area contributed by atoms with Gasteiger partial charge in [0.15, 0.2) is 0 Å². The van der Waals surface area contributed by atoms with Gasteiger partial charge >= 0.3 is 0 Å². The lowest BCUT2D eigenvalue weighted by Gasteiger charge is -1.97. The van der Waals surface area contributed by atoms with Gasteiger partial charge in [-0.05, 0) is 19.1 Å². The van der Waals surface area contributed by atoms with E-state index in [-0.39, 0.29) is 0 Å². The van der Waals surface area contributed by atoms with Crippen LogP contribution in [0.25, 0.3) is 11.3 Å². The van der Waals surface area contributed by atoms with Crippen LogP contribution in [-0.2, 0) is 0 Å². The Hall–Kier alpha value is -2.10. The van der Waals surface area contributed by atoms with E-state index in [2.05, 4.69) is 20.3 Å². The number of rotatable bonds is 4. The van der Waals surface area contributed by atoms with Crippen molar-refractivity contribution in [2.75, 3.05) is 6.54 Å². The Balaban J connectivity index is 2.11. The average Bonchev–Trinajstić information content (AvgIpc) is 2.84. The fraction of sp³-hybridized carbons (Fsp3) is 0.167. The Morgan fingerprint density at radius 3 is 2.81 bits per heavy atom. The molecule has 82 valence electrons. The van der Waals surface area contributed by atoms with Crippen LogP contribution in [0.1, 0.15) is 6.92 Å². The van der Waals surface area contributed by atoms with Gasteiger partial charge < -0.3 is 10.3 Å². The molecule has 2 aromatic rings. The van der Waals surface area contributed by atoms with Gasteiger partial charge in [-0.15, -0.1) is 0 Å². The van der Waals surface area contributed by atoms with Gasteiger partial charge in [-0.3, -0.25) is 0 Å². The molecule has 1 heterocycles. The third-order valence-electron chi connectivity index (χ3n) is 2.17. The minimum Gasteiger partial charge on any atom is -0.376 e. The second kappa shape index (κ2) is 5.11. The number of H-pyrrole nitrogens is 1. The van der Waals surface area contributed by atoms with E-state index in [1.807, 2.05) is 37.4 Å². The van der Waals surface area contributed by atoms with E-state index in [1.54, 1.807) is 12.7 Å². The Kier molecular flexibility index (Phi) is 3.33. The lowest BCUT2D eigenvalue weighted by atomic mass is 10.1. The topological polar surface area (TPSA) is 53.1 Å². The molecular weight excluding hydrogens is 200 g/mol. The maximum absolute atomic E-state index is 4.25. The van der Waals surface area contributed by atoms with Crippen molar-refractivity contribution >= 4 is 12.0 Å². The molecule has 0 amide bonds. The first-order chi connectivity index (χ1) is 7.90. The summed E-state index contributed by atoms with van der Waals surface area (Å²) in [5.41, 5.74) is 2.96. The number of nitrogens with one attached hydrogen (secondary N) is 2. The largest absolute Gasteiger partial charge is 0.376 e. The van der Waals surface area contributed by atoms with Gasteiger partial charge in [-0.25, -0.2) is 9.98 Å². The molecule has 1 aromatic heterocycles. The van der Waals surface area contributed by atoms with Crippen LogP contribution in [0.2, 0.25) is 0 Å². The summed E-state index contributed by atoms with van der Waals surface area (Å²) in [6, 6.07) is 7.96. The number of hydrogen-bond donors (Lipinski definition) is 2. The summed E-state index contributed by atoms with van der Waals surface area (Å²) >= 11 is 0. The van der Waals surface area contributed by atoms with Crippen molar-refractivity contribution in [1.82, 2.24) is 15.3 Å². The standard InChI is InChI=1S/C12H14N4/c1-2-13-8-15-11-5-3-10(4-6-11)12-7-14-9-16-12/h3-9H,2H2,1H3,(H,13,15)(H,14,16). The van der Waals surface area contributed by atoms with Gasteiger partial charge in [0, 0.05) is 18.3 Å². The molecule has 2 rings (SSSR count). The summed E-state index contributed by atoms with van der Waals surface area (Å²) in [6.07, 6.45) is 5.26. The van der Waals surface area contributed by atoms with Gasteiger partial charge in [0.2, 0.25) is 0 Å². The second-order valence-corrected chi connectivity index (χ2v) is 3.32. The van der Waals surface area contributed by atoms with E-state index in [9.17, 15) is 0 Å². The second-order valence-electron chi connectivity index (χ2n) is 3.32. The SMILES string of the molecule is CCNC=Nc1ccc(-c2c[nH]cn2)cc1. The minimum atomic E-state index is 0.884. The highest BCUT2D eigenvalue weighted by Crippen LogP contribution is 2.19. The number of aromatic amines is 1. The summed E-state index contributed by atoms with van der Waals surface area (Å²) in [6.45, 7) is 2.92. The predicted octanol–water partition coefficient (Wildman–Crippen LogP) is 2.35. The van der Waals surface area contributed by atoms with Gasteiger partial charge in [0.1, 0.15) is 0 Å². The number of benzene rings is 1. The quantitative estimate of drug-likeness (QED) is 0.606. The molecule has 2 N–H and O–H groups in total. The monoisotopic (exact) mass is 214 g/mol. The zero-order chi connectivity index (χ0) is 11.2. The third kappa shape index (κ3) is 2.48. The lowest BCUT2D eigenvalue weighted by molar-refractivity contribution is 0.987. The van der Waals surface area contributed by atoms with E-state index >= 15 is 0 Å². The van der Waals surface area contributed by atoms with Crippen molar-refractivity contribution in [2.24, 2.45) is 4.99 Å². The number of nitrogens with zero attached hydrogens (tertiary/aromatic N) is 2. The summed E-state index contributed by atoms with van der Waals surface area (Å²) in [4.78, 5) is 11.4. The molecule has 0 saturated heterocycles. The molecule has 1 aromatic carbocycles. The molecule has 16 heavy (non-hydrogen) atoms. The highest BCUT2D eigenvalue weighted by Gasteiger charge is 1.98. The van der Waals surface area contributed by atoms with Crippen LogP contribution in [0.15, 0.2) is 41.8 Å². The van der Waals surface area contributed by atoms with Crippen LogP contribution in [0.4, 0.5) is 5.69 Å². The number of aliphatic imine (C=N–C) groups is 1. The fourth-order valence-electron chi connectivity index (χ4n) is 1.35.